The van der Waals surface area contributed by atoms with Gasteiger partial charge in [-0.1, -0.05) is 11.8 Å². The summed E-state index contributed by atoms with van der Waals surface area (Å²) in [4.78, 5) is 9.13. The van der Waals surface area contributed by atoms with Gasteiger partial charge in [-0.2, -0.15) is 0 Å². The zero-order chi connectivity index (χ0) is 13.9. The van der Waals surface area contributed by atoms with Crippen LogP contribution in [0.2, 0.25) is 0 Å². The third-order valence-corrected chi connectivity index (χ3v) is 3.78. The Hall–Kier alpha value is -1.79. The topological polar surface area (TPSA) is 70.1 Å². The first-order valence-electron chi connectivity index (χ1n) is 6.47. The summed E-state index contributed by atoms with van der Waals surface area (Å²) < 4.78 is 0. The van der Waals surface area contributed by atoms with Crippen LogP contribution in [0.4, 0.5) is 11.5 Å². The molecule has 0 fully saturated rings. The lowest BCUT2D eigenvalue weighted by Crippen LogP contribution is -2.26. The molecular formula is C14H16N4OS. The quantitative estimate of drug-likeness (QED) is 0.457. The molecule has 0 radical (unpaired) electrons. The van der Waals surface area contributed by atoms with Crippen molar-refractivity contribution in [1.29, 1.82) is 0 Å². The van der Waals surface area contributed by atoms with Gasteiger partial charge in [-0.25, -0.2) is 9.97 Å². The van der Waals surface area contributed by atoms with Crippen molar-refractivity contribution in [2.75, 3.05) is 18.1 Å². The Labute approximate surface area is 121 Å². The number of rotatable bonds is 3. The minimum atomic E-state index is 0.259. The molecule has 3 rings (SSSR count). The fourth-order valence-electron chi connectivity index (χ4n) is 2.21. The monoisotopic (exact) mass is 288 g/mol. The number of hydrogen-bond acceptors (Lipinski definition) is 6. The molecule has 20 heavy (non-hydrogen) atoms. The maximum absolute atomic E-state index is 9.33. The van der Waals surface area contributed by atoms with Crippen molar-refractivity contribution in [2.45, 2.75) is 18.1 Å². The van der Waals surface area contributed by atoms with Crippen molar-refractivity contribution in [2.24, 2.45) is 0 Å². The molecule has 1 aromatic carbocycles. The first kappa shape index (κ1) is 13.2. The molecule has 104 valence electrons. The fraction of sp³-hybridized carbons (Fsp3) is 0.286. The maximum Gasteiger partial charge on any atom is 0.189 e. The summed E-state index contributed by atoms with van der Waals surface area (Å²) in [6, 6.07) is 6.99. The van der Waals surface area contributed by atoms with Gasteiger partial charge in [0.05, 0.1) is 5.69 Å². The summed E-state index contributed by atoms with van der Waals surface area (Å²) in [5.74, 6) is 1.13. The number of thioether (sulfide) groups is 1. The van der Waals surface area contributed by atoms with E-state index in [0.717, 1.165) is 41.9 Å². The van der Waals surface area contributed by atoms with E-state index in [9.17, 15) is 5.11 Å². The molecule has 0 spiro atoms. The molecular weight excluding hydrogens is 272 g/mol. The van der Waals surface area contributed by atoms with Crippen LogP contribution >= 0.6 is 11.8 Å². The van der Waals surface area contributed by atoms with E-state index in [0.29, 0.717) is 0 Å². The van der Waals surface area contributed by atoms with Crippen LogP contribution in [-0.2, 0) is 13.0 Å². The van der Waals surface area contributed by atoms with Gasteiger partial charge in [0.2, 0.25) is 0 Å². The van der Waals surface area contributed by atoms with E-state index in [4.69, 9.17) is 0 Å². The Bertz CT molecular complexity index is 615. The second kappa shape index (κ2) is 5.68. The van der Waals surface area contributed by atoms with Crippen LogP contribution in [0.3, 0.4) is 0 Å². The number of aromatic hydroxyl groups is 1. The van der Waals surface area contributed by atoms with E-state index >= 15 is 0 Å². The highest BCUT2D eigenvalue weighted by Gasteiger charge is 2.17. The summed E-state index contributed by atoms with van der Waals surface area (Å²) in [6.45, 7) is 1.73. The first-order valence-corrected chi connectivity index (χ1v) is 7.69. The Morgan fingerprint density at radius 1 is 1.25 bits per heavy atom. The Morgan fingerprint density at radius 3 is 2.80 bits per heavy atom. The van der Waals surface area contributed by atoms with Gasteiger partial charge < -0.3 is 15.7 Å². The summed E-state index contributed by atoms with van der Waals surface area (Å²) in [7, 11) is 0. The summed E-state index contributed by atoms with van der Waals surface area (Å²) in [5.41, 5.74) is 3.15. The number of hydrogen-bond donors (Lipinski definition) is 3. The van der Waals surface area contributed by atoms with Crippen molar-refractivity contribution < 1.29 is 5.11 Å². The highest BCUT2D eigenvalue weighted by atomic mass is 32.2. The molecule has 0 saturated carbocycles. The zero-order valence-corrected chi connectivity index (χ0v) is 12.0. The molecule has 5 nitrogen and oxygen atoms in total. The zero-order valence-electron chi connectivity index (χ0n) is 11.2. The van der Waals surface area contributed by atoms with Gasteiger partial charge in [-0.15, -0.1) is 0 Å². The van der Waals surface area contributed by atoms with E-state index in [1.807, 2.05) is 18.4 Å². The first-order chi connectivity index (χ1) is 9.76. The van der Waals surface area contributed by atoms with Gasteiger partial charge in [-0.05, 0) is 43.5 Å². The number of nitrogens with one attached hydrogen (secondary N) is 2. The number of anilines is 2. The second-order valence-electron chi connectivity index (χ2n) is 4.58. The SMILES string of the molecule is CSc1nc2c(c(Nc3ccc(O)cc3)n1)CCNC2. The van der Waals surface area contributed by atoms with Crippen LogP contribution < -0.4 is 10.6 Å². The number of benzene rings is 1. The van der Waals surface area contributed by atoms with Crippen molar-refractivity contribution in [3.05, 3.63) is 35.5 Å². The highest BCUT2D eigenvalue weighted by Crippen LogP contribution is 2.26. The number of nitrogens with zero attached hydrogens (tertiary/aromatic N) is 2. The van der Waals surface area contributed by atoms with Gasteiger partial charge in [0.15, 0.2) is 5.16 Å². The van der Waals surface area contributed by atoms with E-state index in [1.54, 1.807) is 12.1 Å². The molecule has 0 saturated heterocycles. The molecule has 0 atom stereocenters. The van der Waals surface area contributed by atoms with Crippen molar-refractivity contribution in [3.63, 3.8) is 0 Å². The average molecular weight is 288 g/mol. The van der Waals surface area contributed by atoms with Crippen LogP contribution in [0.15, 0.2) is 29.4 Å². The van der Waals surface area contributed by atoms with Gasteiger partial charge in [0.1, 0.15) is 11.6 Å². The number of phenolic OH excluding ortho intramolecular Hbond substituents is 1. The predicted molar refractivity (Wildman–Crippen MR) is 80.6 cm³/mol. The van der Waals surface area contributed by atoms with E-state index in [1.165, 1.54) is 17.3 Å². The smallest absolute Gasteiger partial charge is 0.189 e. The van der Waals surface area contributed by atoms with Crippen molar-refractivity contribution in [3.8, 4) is 5.75 Å². The second-order valence-corrected chi connectivity index (χ2v) is 5.36. The third-order valence-electron chi connectivity index (χ3n) is 3.23. The highest BCUT2D eigenvalue weighted by molar-refractivity contribution is 7.98. The number of aromatic nitrogens is 2. The normalized spacial score (nSPS) is 13.8. The van der Waals surface area contributed by atoms with Crippen LogP contribution in [0.1, 0.15) is 11.3 Å². The lowest BCUT2D eigenvalue weighted by molar-refractivity contribution is 0.475. The Balaban J connectivity index is 1.96. The lowest BCUT2D eigenvalue weighted by atomic mass is 10.1. The van der Waals surface area contributed by atoms with Crippen LogP contribution in [0, 0.1) is 0 Å². The molecule has 0 bridgehead atoms. The summed E-state index contributed by atoms with van der Waals surface area (Å²) in [5, 5.41) is 16.8. The fourth-order valence-corrected chi connectivity index (χ4v) is 2.60. The van der Waals surface area contributed by atoms with E-state index in [-0.39, 0.29) is 5.75 Å². The molecule has 3 N–H and O–H groups in total. The maximum atomic E-state index is 9.33. The van der Waals surface area contributed by atoms with Crippen LogP contribution in [0.5, 0.6) is 5.75 Å². The van der Waals surface area contributed by atoms with Gasteiger partial charge >= 0.3 is 0 Å². The minimum Gasteiger partial charge on any atom is -0.508 e. The lowest BCUT2D eigenvalue weighted by Gasteiger charge is -2.20. The average Bonchev–Trinajstić information content (AvgIpc) is 2.49. The minimum absolute atomic E-state index is 0.259. The van der Waals surface area contributed by atoms with Gasteiger partial charge in [0.25, 0.3) is 0 Å². The van der Waals surface area contributed by atoms with Gasteiger partial charge in [0, 0.05) is 17.8 Å². The molecule has 1 aliphatic rings. The van der Waals surface area contributed by atoms with E-state index in [2.05, 4.69) is 20.6 Å². The van der Waals surface area contributed by atoms with Crippen LogP contribution in [-0.4, -0.2) is 27.9 Å². The standard InChI is InChI=1S/C14H16N4OS/c1-20-14-17-12-8-15-7-6-11(12)13(18-14)16-9-2-4-10(19)5-3-9/h2-5,15,19H,6-8H2,1H3,(H,16,17,18). The molecule has 2 heterocycles. The Kier molecular flexibility index (Phi) is 3.75. The summed E-state index contributed by atoms with van der Waals surface area (Å²) >= 11 is 1.54. The Morgan fingerprint density at radius 2 is 2.05 bits per heavy atom. The largest absolute Gasteiger partial charge is 0.508 e. The van der Waals surface area contributed by atoms with E-state index < -0.39 is 0 Å². The van der Waals surface area contributed by atoms with Crippen LogP contribution in [0.25, 0.3) is 0 Å². The molecule has 1 aromatic heterocycles. The molecule has 0 amide bonds. The molecule has 1 aliphatic heterocycles. The third kappa shape index (κ3) is 2.71. The van der Waals surface area contributed by atoms with Crippen molar-refractivity contribution >= 4 is 23.3 Å². The van der Waals surface area contributed by atoms with Gasteiger partial charge in [-0.3, -0.25) is 0 Å². The van der Waals surface area contributed by atoms with Crippen molar-refractivity contribution in [1.82, 2.24) is 15.3 Å². The molecule has 0 unspecified atom stereocenters. The number of phenols is 1. The predicted octanol–water partition coefficient (Wildman–Crippen LogP) is 2.29. The molecule has 6 heteroatoms. The summed E-state index contributed by atoms with van der Waals surface area (Å²) in [6.07, 6.45) is 2.90. The molecule has 0 aliphatic carbocycles. The molecule has 2 aromatic rings. The number of fused-ring (bicyclic) bond motifs is 1.